The van der Waals surface area contributed by atoms with Crippen molar-refractivity contribution in [3.8, 4) is 17.2 Å². The fourth-order valence-corrected chi connectivity index (χ4v) is 4.35. The number of hydrogen-bond donors (Lipinski definition) is 1. The number of anilines is 1. The highest BCUT2D eigenvalue weighted by atomic mass is 16.5. The van der Waals surface area contributed by atoms with Gasteiger partial charge in [-0.3, -0.25) is 9.13 Å². The maximum absolute atomic E-state index is 13.5. The lowest BCUT2D eigenvalue weighted by atomic mass is 10.2. The third-order valence-electron chi connectivity index (χ3n) is 6.01. The van der Waals surface area contributed by atoms with Crippen molar-refractivity contribution in [2.24, 2.45) is 0 Å². The van der Waals surface area contributed by atoms with Crippen LogP contribution in [0.5, 0.6) is 11.5 Å². The van der Waals surface area contributed by atoms with E-state index in [1.54, 1.807) is 10.8 Å². The molecule has 1 aliphatic heterocycles. The van der Waals surface area contributed by atoms with Crippen LogP contribution in [0.25, 0.3) is 16.7 Å². The zero-order valence-electron chi connectivity index (χ0n) is 17.4. The molecule has 1 atom stereocenters. The number of imidazole rings is 1. The molecule has 2 aromatic carbocycles. The van der Waals surface area contributed by atoms with Gasteiger partial charge in [0.15, 0.2) is 0 Å². The number of ether oxygens (including phenoxy) is 1. The highest BCUT2D eigenvalue weighted by molar-refractivity contribution is 5.87. The predicted octanol–water partition coefficient (Wildman–Crippen LogP) is 3.66. The van der Waals surface area contributed by atoms with E-state index in [-0.39, 0.29) is 5.69 Å². The van der Waals surface area contributed by atoms with Crippen LogP contribution in [0, 0.1) is 0 Å². The fraction of sp³-hybridized carbons (Fsp3) is 0.250. The number of likely N-dealkylation sites (tertiary alicyclic amines) is 1. The summed E-state index contributed by atoms with van der Waals surface area (Å²) in [6.07, 6.45) is 3.90. The van der Waals surface area contributed by atoms with Gasteiger partial charge in [0.1, 0.15) is 22.8 Å². The first-order chi connectivity index (χ1) is 15.1. The zero-order valence-corrected chi connectivity index (χ0v) is 17.4. The largest absolute Gasteiger partial charge is 0.457 e. The fourth-order valence-electron chi connectivity index (χ4n) is 4.35. The Morgan fingerprint density at radius 2 is 1.81 bits per heavy atom. The smallest absolute Gasteiger partial charge is 0.333 e. The number of nitrogens with two attached hydrogens (primary N) is 1. The van der Waals surface area contributed by atoms with Crippen LogP contribution >= 0.6 is 0 Å². The number of likely N-dealkylation sites (N-methyl/N-ethyl adjacent to an activating group) is 1. The number of nitrogen functional groups attached to an aromatic ring is 1. The van der Waals surface area contributed by atoms with Crippen molar-refractivity contribution in [1.82, 2.24) is 19.0 Å². The molecule has 1 aliphatic rings. The minimum atomic E-state index is -0.105. The molecule has 5 rings (SSSR count). The molecule has 158 valence electrons. The molecule has 0 bridgehead atoms. The zero-order chi connectivity index (χ0) is 21.4. The topological polar surface area (TPSA) is 78.3 Å². The average molecular weight is 415 g/mol. The van der Waals surface area contributed by atoms with E-state index in [2.05, 4.69) is 16.9 Å². The van der Waals surface area contributed by atoms with E-state index in [9.17, 15) is 4.79 Å². The first-order valence-electron chi connectivity index (χ1n) is 10.5. The van der Waals surface area contributed by atoms with Crippen molar-refractivity contribution < 1.29 is 4.74 Å². The maximum atomic E-state index is 13.5. The van der Waals surface area contributed by atoms with E-state index in [1.165, 1.54) is 0 Å². The Hall–Kier alpha value is -3.58. The molecular formula is C24H25N5O2. The van der Waals surface area contributed by atoms with Gasteiger partial charge < -0.3 is 15.4 Å². The predicted molar refractivity (Wildman–Crippen MR) is 122 cm³/mol. The van der Waals surface area contributed by atoms with Gasteiger partial charge in [-0.15, -0.1) is 0 Å². The lowest BCUT2D eigenvalue weighted by Gasteiger charge is -2.19. The molecule has 7 heteroatoms. The minimum Gasteiger partial charge on any atom is -0.457 e. The number of rotatable bonds is 5. The highest BCUT2D eigenvalue weighted by Gasteiger charge is 2.25. The van der Waals surface area contributed by atoms with Crippen LogP contribution in [-0.4, -0.2) is 38.7 Å². The Bertz CT molecular complexity index is 1260. The van der Waals surface area contributed by atoms with E-state index in [1.807, 2.05) is 65.2 Å². The summed E-state index contributed by atoms with van der Waals surface area (Å²) in [5.74, 6) is 1.81. The molecule has 1 fully saturated rings. The van der Waals surface area contributed by atoms with Gasteiger partial charge in [0, 0.05) is 18.8 Å². The van der Waals surface area contributed by atoms with Crippen LogP contribution in [0.1, 0.15) is 12.8 Å². The van der Waals surface area contributed by atoms with Gasteiger partial charge in [-0.05, 0) is 68.9 Å². The van der Waals surface area contributed by atoms with Crippen LogP contribution < -0.4 is 16.2 Å². The Kier molecular flexibility index (Phi) is 4.95. The lowest BCUT2D eigenvalue weighted by Crippen LogP contribution is -2.34. The first kappa shape index (κ1) is 19.4. The molecule has 7 nitrogen and oxygen atoms in total. The molecule has 1 saturated heterocycles. The molecule has 0 saturated carbocycles. The maximum Gasteiger partial charge on any atom is 0.333 e. The van der Waals surface area contributed by atoms with E-state index in [0.717, 1.165) is 36.3 Å². The number of nitrogens with zero attached hydrogens (tertiary/aromatic N) is 4. The standard InChI is InChI=1S/C24H25N5O2/c1-27-15-5-6-18(27)16-28-21-13-14-26-23(25)22(21)29(24(28)30)17-9-11-20(12-10-17)31-19-7-3-2-4-8-19/h2-4,7-14,18H,5-6,15-16H2,1H3,(H2,25,26). The number of aromatic nitrogens is 3. The van der Waals surface area contributed by atoms with Crippen LogP contribution in [0.2, 0.25) is 0 Å². The van der Waals surface area contributed by atoms with E-state index in [0.29, 0.717) is 29.7 Å². The monoisotopic (exact) mass is 415 g/mol. The Morgan fingerprint density at radius 1 is 1.06 bits per heavy atom. The summed E-state index contributed by atoms with van der Waals surface area (Å²) >= 11 is 0. The summed E-state index contributed by atoms with van der Waals surface area (Å²) in [6.45, 7) is 1.70. The molecule has 31 heavy (non-hydrogen) atoms. The van der Waals surface area contributed by atoms with E-state index in [4.69, 9.17) is 10.5 Å². The Balaban J connectivity index is 1.55. The molecule has 4 aromatic rings. The van der Waals surface area contributed by atoms with E-state index < -0.39 is 0 Å². The van der Waals surface area contributed by atoms with Gasteiger partial charge in [-0.1, -0.05) is 18.2 Å². The summed E-state index contributed by atoms with van der Waals surface area (Å²) in [5, 5.41) is 0. The second-order valence-electron chi connectivity index (χ2n) is 7.98. The molecule has 2 N–H and O–H groups in total. The van der Waals surface area contributed by atoms with Crippen LogP contribution in [0.15, 0.2) is 71.7 Å². The van der Waals surface area contributed by atoms with Crippen molar-refractivity contribution in [1.29, 1.82) is 0 Å². The average Bonchev–Trinajstić information content (AvgIpc) is 3.31. The first-order valence-corrected chi connectivity index (χ1v) is 10.5. The summed E-state index contributed by atoms with van der Waals surface area (Å²) < 4.78 is 9.36. The SMILES string of the molecule is CN1CCCC1Cn1c(=O)n(-c2ccc(Oc3ccccc3)cc2)c2c(N)nccc21. The van der Waals surface area contributed by atoms with Crippen LogP contribution in [-0.2, 0) is 6.54 Å². The van der Waals surface area contributed by atoms with Gasteiger partial charge in [-0.2, -0.15) is 0 Å². The molecule has 0 spiro atoms. The van der Waals surface area contributed by atoms with Crippen molar-refractivity contribution in [2.45, 2.75) is 25.4 Å². The number of para-hydroxylation sites is 1. The molecule has 3 heterocycles. The number of benzene rings is 2. The summed E-state index contributed by atoms with van der Waals surface area (Å²) in [7, 11) is 2.11. The van der Waals surface area contributed by atoms with Gasteiger partial charge in [0.05, 0.1) is 11.2 Å². The van der Waals surface area contributed by atoms with Gasteiger partial charge in [0.25, 0.3) is 0 Å². The van der Waals surface area contributed by atoms with Crippen molar-refractivity contribution >= 4 is 16.9 Å². The molecule has 2 aromatic heterocycles. The van der Waals surface area contributed by atoms with Crippen molar-refractivity contribution in [3.05, 3.63) is 77.3 Å². The van der Waals surface area contributed by atoms with Gasteiger partial charge >= 0.3 is 5.69 Å². The lowest BCUT2D eigenvalue weighted by molar-refractivity contribution is 0.282. The third kappa shape index (κ3) is 3.57. The second kappa shape index (κ2) is 7.92. The number of pyridine rings is 1. The van der Waals surface area contributed by atoms with E-state index >= 15 is 0 Å². The molecular weight excluding hydrogens is 390 g/mol. The summed E-state index contributed by atoms with van der Waals surface area (Å²) in [5.41, 5.74) is 8.30. The third-order valence-corrected chi connectivity index (χ3v) is 6.01. The normalized spacial score (nSPS) is 16.7. The molecule has 0 aliphatic carbocycles. The Labute approximate surface area is 180 Å². The minimum absolute atomic E-state index is 0.105. The van der Waals surface area contributed by atoms with Crippen molar-refractivity contribution in [3.63, 3.8) is 0 Å². The summed E-state index contributed by atoms with van der Waals surface area (Å²) in [4.78, 5) is 20.1. The summed E-state index contributed by atoms with van der Waals surface area (Å²) in [6, 6.07) is 19.3. The van der Waals surface area contributed by atoms with Crippen LogP contribution in [0.3, 0.4) is 0 Å². The van der Waals surface area contributed by atoms with Crippen LogP contribution in [0.4, 0.5) is 5.82 Å². The van der Waals surface area contributed by atoms with Crippen molar-refractivity contribution in [2.75, 3.05) is 19.3 Å². The highest BCUT2D eigenvalue weighted by Crippen LogP contribution is 2.26. The number of hydrogen-bond acceptors (Lipinski definition) is 5. The molecule has 0 amide bonds. The Morgan fingerprint density at radius 3 is 2.52 bits per heavy atom. The van der Waals surface area contributed by atoms with Gasteiger partial charge in [-0.25, -0.2) is 9.78 Å². The number of fused-ring (bicyclic) bond motifs is 1. The quantitative estimate of drug-likeness (QED) is 0.538. The molecule has 1 unspecified atom stereocenters. The van der Waals surface area contributed by atoms with Gasteiger partial charge in [0.2, 0.25) is 0 Å². The second-order valence-corrected chi connectivity index (χ2v) is 7.98. The molecule has 0 radical (unpaired) electrons.